The van der Waals surface area contributed by atoms with Gasteiger partial charge in [-0.1, -0.05) is 96.8 Å². The molecule has 7 heteroatoms. The predicted octanol–water partition coefficient (Wildman–Crippen LogP) is 10.3. The van der Waals surface area contributed by atoms with Crippen molar-refractivity contribution in [2.24, 2.45) is 17.8 Å². The van der Waals surface area contributed by atoms with Gasteiger partial charge in [-0.3, -0.25) is 4.79 Å². The van der Waals surface area contributed by atoms with Gasteiger partial charge in [0.05, 0.1) is 12.3 Å². The van der Waals surface area contributed by atoms with Crippen LogP contribution in [0.1, 0.15) is 102 Å². The van der Waals surface area contributed by atoms with Crippen LogP contribution < -0.4 is 9.64 Å². The van der Waals surface area contributed by atoms with Crippen molar-refractivity contribution in [3.63, 3.8) is 0 Å². The van der Waals surface area contributed by atoms with Crippen molar-refractivity contribution in [3.8, 4) is 5.75 Å². The number of benzene rings is 2. The van der Waals surface area contributed by atoms with Gasteiger partial charge in [-0.15, -0.1) is 24.4 Å². The molecule has 1 N–H and O–H groups in total. The molecule has 0 spiro atoms. The van der Waals surface area contributed by atoms with Crippen molar-refractivity contribution in [1.82, 2.24) is 0 Å². The fraction of sp³-hybridized carbons (Fsp3) is 0.629. The molecule has 4 atom stereocenters. The van der Waals surface area contributed by atoms with E-state index in [2.05, 4.69) is 56.0 Å². The molecule has 4 nitrogen and oxygen atoms in total. The predicted molar refractivity (Wildman–Crippen MR) is 178 cm³/mol. The van der Waals surface area contributed by atoms with Crippen molar-refractivity contribution in [2.75, 3.05) is 18.1 Å². The molecule has 2 aliphatic rings. The lowest BCUT2D eigenvalue weighted by molar-refractivity contribution is -0.137. The van der Waals surface area contributed by atoms with E-state index in [0.29, 0.717) is 24.4 Å². The monoisotopic (exact) mass is 615 g/mol. The van der Waals surface area contributed by atoms with Gasteiger partial charge in [-0.25, -0.2) is 4.39 Å². The second kappa shape index (κ2) is 16.3. The molecule has 3 unspecified atom stereocenters. The number of anilines is 2. The van der Waals surface area contributed by atoms with E-state index in [1.54, 1.807) is 0 Å². The molecule has 1 aliphatic heterocycles. The summed E-state index contributed by atoms with van der Waals surface area (Å²) >= 11 is 6.21. The number of unbranched alkanes of at least 4 members (excludes halogenated alkanes) is 4. The Kier molecular flexibility index (Phi) is 12.8. The molecular formula is C35H50FNO3S2. The van der Waals surface area contributed by atoms with Crippen LogP contribution in [-0.2, 0) is 4.79 Å². The molecule has 232 valence electrons. The highest BCUT2D eigenvalue weighted by Crippen LogP contribution is 2.51. The molecule has 1 saturated heterocycles. The number of rotatable bonds is 15. The van der Waals surface area contributed by atoms with E-state index in [9.17, 15) is 14.3 Å². The minimum absolute atomic E-state index is 0.167. The molecule has 0 bridgehead atoms. The second-order valence-corrected chi connectivity index (χ2v) is 14.4. The summed E-state index contributed by atoms with van der Waals surface area (Å²) in [5.41, 5.74) is 2.97. The number of thiol groups is 1. The van der Waals surface area contributed by atoms with Crippen molar-refractivity contribution >= 4 is 41.7 Å². The maximum Gasteiger partial charge on any atom is 0.319 e. The molecule has 42 heavy (non-hydrogen) atoms. The van der Waals surface area contributed by atoms with Crippen molar-refractivity contribution in [2.45, 2.75) is 113 Å². The van der Waals surface area contributed by atoms with Crippen LogP contribution in [0.25, 0.3) is 0 Å². The van der Waals surface area contributed by atoms with Gasteiger partial charge in [0.25, 0.3) is 0 Å². The number of carboxylic acid groups (broad SMARTS) is 1. The Morgan fingerprint density at radius 3 is 2.45 bits per heavy atom. The Labute approximate surface area is 262 Å². The Morgan fingerprint density at radius 2 is 1.81 bits per heavy atom. The van der Waals surface area contributed by atoms with E-state index < -0.39 is 17.4 Å². The summed E-state index contributed by atoms with van der Waals surface area (Å²) in [5.74, 6) is 1.43. The summed E-state index contributed by atoms with van der Waals surface area (Å²) in [5, 5.41) is 8.24. The molecule has 0 radical (unpaired) electrons. The van der Waals surface area contributed by atoms with Crippen LogP contribution in [0.4, 0.5) is 15.8 Å². The van der Waals surface area contributed by atoms with Gasteiger partial charge < -0.3 is 14.7 Å². The van der Waals surface area contributed by atoms with Gasteiger partial charge in [0.1, 0.15) is 17.2 Å². The number of hydrogen-bond acceptors (Lipinski definition) is 5. The topological polar surface area (TPSA) is 49.8 Å². The van der Waals surface area contributed by atoms with E-state index >= 15 is 0 Å². The van der Waals surface area contributed by atoms with E-state index in [1.165, 1.54) is 63.1 Å². The summed E-state index contributed by atoms with van der Waals surface area (Å²) in [6.07, 6.45) is 11.0. The summed E-state index contributed by atoms with van der Waals surface area (Å²) in [4.78, 5) is 14.9. The molecule has 2 fully saturated rings. The van der Waals surface area contributed by atoms with Crippen LogP contribution in [-0.4, -0.2) is 35.6 Å². The number of para-hydroxylation sites is 1. The van der Waals surface area contributed by atoms with Gasteiger partial charge in [0, 0.05) is 34.0 Å². The van der Waals surface area contributed by atoms with E-state index in [1.807, 2.05) is 12.1 Å². The zero-order chi connectivity index (χ0) is 30.1. The third-order valence-corrected chi connectivity index (χ3v) is 11.1. The summed E-state index contributed by atoms with van der Waals surface area (Å²) in [6.45, 7) is 8.39. The number of nitrogens with zero attached hydrogens (tertiary/aromatic N) is 1. The highest BCUT2D eigenvalue weighted by molar-refractivity contribution is 8.01. The van der Waals surface area contributed by atoms with Crippen LogP contribution in [0.15, 0.2) is 47.4 Å². The normalized spacial score (nSPS) is 21.9. The fourth-order valence-corrected chi connectivity index (χ4v) is 8.44. The molecule has 4 rings (SSSR count). The standard InChI is InChI=1S/C35H50FNO3S2/c1-4-5-6-7-14-19-40-31-22-30(32(41)20-27(31)33-21-29(36)34(42-33)35(38)39)37(26-17-12-9-13-18-26)23-28(24(2)3)25-15-10-8-11-16-25/h9,12-13,17-18,20,22,24-25,28-29,33-34,41H,4-8,10-11,14-16,19,21,23H2,1-3H3,(H,38,39)/t28-,29?,33?,34?/m1/s1. The first-order chi connectivity index (χ1) is 20.3. The van der Waals surface area contributed by atoms with Crippen molar-refractivity contribution < 1.29 is 19.0 Å². The van der Waals surface area contributed by atoms with Gasteiger partial charge in [-0.2, -0.15) is 0 Å². The SMILES string of the molecule is CCCCCCCOc1cc(N(C[C@H](C(C)C)C2CCCCC2)c2ccccc2)c(S)cc1C1CC(F)C(C(=O)O)S1. The highest BCUT2D eigenvalue weighted by atomic mass is 32.2. The molecule has 1 saturated carbocycles. The Hall–Kier alpha value is -1.86. The number of alkyl halides is 1. The number of thioether (sulfide) groups is 1. The van der Waals surface area contributed by atoms with Crippen LogP contribution in [0.2, 0.25) is 0 Å². The van der Waals surface area contributed by atoms with Crippen LogP contribution in [0, 0.1) is 17.8 Å². The number of carboxylic acids is 1. The number of carbonyl (C=O) groups is 1. The molecule has 1 aliphatic carbocycles. The van der Waals surface area contributed by atoms with Crippen molar-refractivity contribution in [3.05, 3.63) is 48.0 Å². The van der Waals surface area contributed by atoms with Crippen LogP contribution >= 0.6 is 24.4 Å². The van der Waals surface area contributed by atoms with E-state index in [0.717, 1.165) is 47.0 Å². The number of aliphatic carboxylic acids is 1. The molecule has 1 heterocycles. The first-order valence-corrected chi connectivity index (χ1v) is 17.5. The zero-order valence-corrected chi connectivity index (χ0v) is 27.4. The van der Waals surface area contributed by atoms with E-state index in [-0.39, 0.29) is 11.7 Å². The van der Waals surface area contributed by atoms with Gasteiger partial charge in [0.2, 0.25) is 0 Å². The third kappa shape index (κ3) is 8.62. The number of halogens is 1. The van der Waals surface area contributed by atoms with Gasteiger partial charge >= 0.3 is 5.97 Å². The van der Waals surface area contributed by atoms with Crippen LogP contribution in [0.5, 0.6) is 5.75 Å². The molecule has 2 aromatic rings. The Balaban J connectivity index is 1.69. The molecular weight excluding hydrogens is 566 g/mol. The summed E-state index contributed by atoms with van der Waals surface area (Å²) in [7, 11) is 0. The Bertz CT molecular complexity index is 1120. The molecule has 0 amide bonds. The summed E-state index contributed by atoms with van der Waals surface area (Å²) < 4.78 is 21.3. The smallest absolute Gasteiger partial charge is 0.319 e. The molecule has 0 aromatic heterocycles. The summed E-state index contributed by atoms with van der Waals surface area (Å²) in [6, 6.07) is 14.6. The fourth-order valence-electron chi connectivity index (χ4n) is 6.74. The molecule has 2 aromatic carbocycles. The number of hydrogen-bond donors (Lipinski definition) is 2. The number of ether oxygens (including phenoxy) is 1. The zero-order valence-electron chi connectivity index (χ0n) is 25.6. The van der Waals surface area contributed by atoms with E-state index in [4.69, 9.17) is 17.4 Å². The average molecular weight is 616 g/mol. The van der Waals surface area contributed by atoms with Crippen molar-refractivity contribution in [1.29, 1.82) is 0 Å². The first kappa shape index (κ1) is 33.0. The quantitative estimate of drug-likeness (QED) is 0.154. The highest BCUT2D eigenvalue weighted by Gasteiger charge is 2.42. The average Bonchev–Trinajstić information content (AvgIpc) is 3.38. The maximum absolute atomic E-state index is 14.8. The Morgan fingerprint density at radius 1 is 1.10 bits per heavy atom. The largest absolute Gasteiger partial charge is 0.493 e. The lowest BCUT2D eigenvalue weighted by atomic mass is 9.74. The lowest BCUT2D eigenvalue weighted by Crippen LogP contribution is -2.34. The maximum atomic E-state index is 14.8. The third-order valence-electron chi connectivity index (χ3n) is 9.15. The first-order valence-electron chi connectivity index (χ1n) is 16.1. The lowest BCUT2D eigenvalue weighted by Gasteiger charge is -2.38. The van der Waals surface area contributed by atoms with Crippen LogP contribution in [0.3, 0.4) is 0 Å². The van der Waals surface area contributed by atoms with Gasteiger partial charge in [-0.05, 0) is 48.8 Å². The minimum atomic E-state index is -1.38. The second-order valence-electron chi connectivity index (χ2n) is 12.5. The minimum Gasteiger partial charge on any atom is -0.493 e. The van der Waals surface area contributed by atoms with Gasteiger partial charge in [0.15, 0.2) is 0 Å².